The Morgan fingerprint density at radius 3 is 2.45 bits per heavy atom. The summed E-state index contributed by atoms with van der Waals surface area (Å²) < 4.78 is 5.26. The number of hydrogen-bond acceptors (Lipinski definition) is 3. The number of carbonyl (C=O) groups excluding carboxylic acids is 1. The molecule has 4 nitrogen and oxygen atoms in total. The molecule has 0 radical (unpaired) electrons. The fourth-order valence-corrected chi connectivity index (χ4v) is 1.76. The lowest BCUT2D eigenvalue weighted by atomic mass is 10.1. The van der Waals surface area contributed by atoms with Gasteiger partial charge in [0.25, 0.3) is 0 Å². The van der Waals surface area contributed by atoms with Gasteiger partial charge in [0.05, 0.1) is 6.10 Å². The molecule has 1 rings (SSSR count). The van der Waals surface area contributed by atoms with Crippen LogP contribution in [0.1, 0.15) is 32.8 Å². The van der Waals surface area contributed by atoms with Crippen molar-refractivity contribution in [1.82, 2.24) is 4.90 Å². The first-order chi connectivity index (χ1) is 9.28. The largest absolute Gasteiger partial charge is 0.444 e. The highest BCUT2D eigenvalue weighted by Crippen LogP contribution is 2.10. The van der Waals surface area contributed by atoms with E-state index in [1.54, 1.807) is 7.05 Å². The van der Waals surface area contributed by atoms with Gasteiger partial charge in [-0.25, -0.2) is 4.79 Å². The highest BCUT2D eigenvalue weighted by atomic mass is 16.6. The molecular weight excluding hydrogens is 254 g/mol. The van der Waals surface area contributed by atoms with E-state index in [4.69, 9.17) is 4.74 Å². The lowest BCUT2D eigenvalue weighted by Crippen LogP contribution is -2.35. The summed E-state index contributed by atoms with van der Waals surface area (Å²) in [6.07, 6.45) is 0.319. The average molecular weight is 279 g/mol. The van der Waals surface area contributed by atoms with E-state index >= 15 is 0 Å². The molecule has 0 aliphatic carbocycles. The van der Waals surface area contributed by atoms with Gasteiger partial charge in [-0.1, -0.05) is 30.3 Å². The van der Waals surface area contributed by atoms with Crippen molar-refractivity contribution in [2.75, 3.05) is 13.6 Å². The summed E-state index contributed by atoms with van der Waals surface area (Å²) in [6, 6.07) is 9.83. The molecule has 1 aromatic carbocycles. The van der Waals surface area contributed by atoms with Crippen molar-refractivity contribution >= 4 is 6.09 Å². The van der Waals surface area contributed by atoms with Gasteiger partial charge in [-0.05, 0) is 39.2 Å². The fourth-order valence-electron chi connectivity index (χ4n) is 1.76. The molecule has 0 bridgehead atoms. The summed E-state index contributed by atoms with van der Waals surface area (Å²) in [7, 11) is 1.68. The van der Waals surface area contributed by atoms with Gasteiger partial charge < -0.3 is 14.7 Å². The molecule has 1 atom stereocenters. The van der Waals surface area contributed by atoms with E-state index in [9.17, 15) is 9.90 Å². The lowest BCUT2D eigenvalue weighted by molar-refractivity contribution is 0.0274. The standard InChI is InChI=1S/C16H25NO3/c1-16(2,3)20-15(19)17(4)11-10-14(18)12-13-8-6-5-7-9-13/h5-9,14,18H,10-12H2,1-4H3. The van der Waals surface area contributed by atoms with Gasteiger partial charge >= 0.3 is 6.09 Å². The average Bonchev–Trinajstić information content (AvgIpc) is 2.35. The normalized spacial score (nSPS) is 12.8. The van der Waals surface area contributed by atoms with Gasteiger partial charge in [0.2, 0.25) is 0 Å². The van der Waals surface area contributed by atoms with Crippen LogP contribution in [-0.4, -0.2) is 41.4 Å². The third-order valence-corrected chi connectivity index (χ3v) is 2.82. The molecule has 0 aliphatic heterocycles. The van der Waals surface area contributed by atoms with E-state index in [1.165, 1.54) is 4.90 Å². The van der Waals surface area contributed by atoms with Crippen molar-refractivity contribution in [1.29, 1.82) is 0 Å². The molecule has 0 aliphatic rings. The van der Waals surface area contributed by atoms with E-state index < -0.39 is 11.7 Å². The predicted octanol–water partition coefficient (Wildman–Crippen LogP) is 2.85. The second-order valence-corrected chi connectivity index (χ2v) is 6.03. The Labute approximate surface area is 121 Å². The summed E-state index contributed by atoms with van der Waals surface area (Å²) in [5.74, 6) is 0. The molecule has 1 amide bonds. The fraction of sp³-hybridized carbons (Fsp3) is 0.562. The van der Waals surface area contributed by atoms with Gasteiger partial charge in [-0.2, -0.15) is 0 Å². The zero-order chi connectivity index (χ0) is 15.2. The first-order valence-electron chi connectivity index (χ1n) is 6.94. The minimum Gasteiger partial charge on any atom is -0.444 e. The first-order valence-corrected chi connectivity index (χ1v) is 6.94. The van der Waals surface area contributed by atoms with Crippen LogP contribution in [0.5, 0.6) is 0 Å². The third-order valence-electron chi connectivity index (χ3n) is 2.82. The van der Waals surface area contributed by atoms with Gasteiger partial charge in [-0.3, -0.25) is 0 Å². The van der Waals surface area contributed by atoms with Crippen LogP contribution in [0, 0.1) is 0 Å². The van der Waals surface area contributed by atoms with Crippen molar-refractivity contribution in [2.24, 2.45) is 0 Å². The quantitative estimate of drug-likeness (QED) is 0.901. The Morgan fingerprint density at radius 1 is 1.30 bits per heavy atom. The number of aliphatic hydroxyl groups excluding tert-OH is 1. The summed E-state index contributed by atoms with van der Waals surface area (Å²) >= 11 is 0. The number of aliphatic hydroxyl groups is 1. The van der Waals surface area contributed by atoms with E-state index in [1.807, 2.05) is 51.1 Å². The topological polar surface area (TPSA) is 49.8 Å². The number of ether oxygens (including phenoxy) is 1. The molecule has 0 saturated heterocycles. The highest BCUT2D eigenvalue weighted by molar-refractivity contribution is 5.67. The summed E-state index contributed by atoms with van der Waals surface area (Å²) in [4.78, 5) is 13.3. The Bertz CT molecular complexity index is 411. The maximum absolute atomic E-state index is 11.8. The zero-order valence-corrected chi connectivity index (χ0v) is 12.8. The molecule has 1 aromatic rings. The lowest BCUT2D eigenvalue weighted by Gasteiger charge is -2.25. The van der Waals surface area contributed by atoms with Crippen LogP contribution in [0.15, 0.2) is 30.3 Å². The summed E-state index contributed by atoms with van der Waals surface area (Å²) in [5.41, 5.74) is 0.605. The van der Waals surface area contributed by atoms with Crippen LogP contribution < -0.4 is 0 Å². The van der Waals surface area contributed by atoms with Crippen LogP contribution in [-0.2, 0) is 11.2 Å². The Hall–Kier alpha value is -1.55. The Kier molecular flexibility index (Phi) is 6.02. The van der Waals surface area contributed by atoms with Crippen molar-refractivity contribution in [3.05, 3.63) is 35.9 Å². The molecule has 4 heteroatoms. The SMILES string of the molecule is CN(CCC(O)Cc1ccccc1)C(=O)OC(C)(C)C. The van der Waals surface area contributed by atoms with Gasteiger partial charge in [0.15, 0.2) is 0 Å². The zero-order valence-electron chi connectivity index (χ0n) is 12.8. The molecule has 0 aromatic heterocycles. The van der Waals surface area contributed by atoms with Crippen molar-refractivity contribution in [2.45, 2.75) is 45.3 Å². The monoisotopic (exact) mass is 279 g/mol. The smallest absolute Gasteiger partial charge is 0.410 e. The van der Waals surface area contributed by atoms with E-state index in [0.717, 1.165) is 5.56 Å². The van der Waals surface area contributed by atoms with Crippen molar-refractivity contribution in [3.63, 3.8) is 0 Å². The second-order valence-electron chi connectivity index (χ2n) is 6.03. The minimum atomic E-state index is -0.492. The van der Waals surface area contributed by atoms with Gasteiger partial charge in [-0.15, -0.1) is 0 Å². The number of amides is 1. The molecule has 0 spiro atoms. The van der Waals surface area contributed by atoms with Crippen LogP contribution in [0.25, 0.3) is 0 Å². The predicted molar refractivity (Wildman–Crippen MR) is 79.6 cm³/mol. The van der Waals surface area contributed by atoms with E-state index in [0.29, 0.717) is 19.4 Å². The van der Waals surface area contributed by atoms with E-state index in [-0.39, 0.29) is 6.09 Å². The van der Waals surface area contributed by atoms with Crippen LogP contribution >= 0.6 is 0 Å². The molecular formula is C16H25NO3. The molecule has 0 saturated carbocycles. The summed E-state index contributed by atoms with van der Waals surface area (Å²) in [6.45, 7) is 5.98. The van der Waals surface area contributed by atoms with E-state index in [2.05, 4.69) is 0 Å². The Morgan fingerprint density at radius 2 is 1.90 bits per heavy atom. The van der Waals surface area contributed by atoms with Crippen molar-refractivity contribution in [3.8, 4) is 0 Å². The Balaban J connectivity index is 2.33. The second kappa shape index (κ2) is 7.29. The van der Waals surface area contributed by atoms with Gasteiger partial charge in [0.1, 0.15) is 5.60 Å². The number of nitrogens with zero attached hydrogens (tertiary/aromatic N) is 1. The molecule has 1 unspecified atom stereocenters. The molecule has 0 heterocycles. The number of carbonyl (C=O) groups is 1. The van der Waals surface area contributed by atoms with Crippen LogP contribution in [0.2, 0.25) is 0 Å². The van der Waals surface area contributed by atoms with Crippen LogP contribution in [0.3, 0.4) is 0 Å². The minimum absolute atomic E-state index is 0.357. The third kappa shape index (κ3) is 6.57. The highest BCUT2D eigenvalue weighted by Gasteiger charge is 2.19. The van der Waals surface area contributed by atoms with Crippen LogP contribution in [0.4, 0.5) is 4.79 Å². The maximum atomic E-state index is 11.8. The summed E-state index contributed by atoms with van der Waals surface area (Å²) in [5, 5.41) is 9.99. The molecule has 112 valence electrons. The number of rotatable bonds is 5. The number of hydrogen-bond donors (Lipinski definition) is 1. The van der Waals surface area contributed by atoms with Crippen molar-refractivity contribution < 1.29 is 14.6 Å². The van der Waals surface area contributed by atoms with Gasteiger partial charge in [0, 0.05) is 13.6 Å². The first kappa shape index (κ1) is 16.5. The maximum Gasteiger partial charge on any atom is 0.410 e. The molecule has 20 heavy (non-hydrogen) atoms. The molecule has 1 N–H and O–H groups in total. The number of benzene rings is 1. The molecule has 0 fully saturated rings.